The van der Waals surface area contributed by atoms with Crippen LogP contribution in [0.2, 0.25) is 0 Å². The molecule has 1 aliphatic heterocycles. The summed E-state index contributed by atoms with van der Waals surface area (Å²) in [4.78, 5) is 24.8. The van der Waals surface area contributed by atoms with Gasteiger partial charge in [0.2, 0.25) is 0 Å². The molecule has 25 heavy (non-hydrogen) atoms. The number of hydrogen-bond donors (Lipinski definition) is 1. The van der Waals surface area contributed by atoms with Crippen molar-refractivity contribution < 1.29 is 9.90 Å². The van der Waals surface area contributed by atoms with Crippen molar-refractivity contribution in [3.8, 4) is 0 Å². The van der Waals surface area contributed by atoms with Crippen LogP contribution >= 0.6 is 0 Å². The number of anilines is 1. The van der Waals surface area contributed by atoms with E-state index < -0.39 is 5.97 Å². The number of carboxylic acids is 1. The van der Waals surface area contributed by atoms with Crippen molar-refractivity contribution in [3.63, 3.8) is 0 Å². The number of hydrogen-bond acceptors (Lipinski definition) is 5. The van der Waals surface area contributed by atoms with Crippen LogP contribution in [0.25, 0.3) is 0 Å². The van der Waals surface area contributed by atoms with Crippen molar-refractivity contribution in [1.29, 1.82) is 0 Å². The minimum atomic E-state index is -0.762. The molecule has 0 saturated carbocycles. The molecule has 0 aromatic carbocycles. The normalized spacial score (nSPS) is 18.9. The third-order valence-electron chi connectivity index (χ3n) is 4.89. The van der Waals surface area contributed by atoms with Gasteiger partial charge >= 0.3 is 5.97 Å². The van der Waals surface area contributed by atoms with Crippen LogP contribution in [0.15, 0.2) is 6.07 Å². The number of rotatable bonds is 6. The van der Waals surface area contributed by atoms with Gasteiger partial charge in [0.25, 0.3) is 0 Å². The summed E-state index contributed by atoms with van der Waals surface area (Å²) >= 11 is 0. The molecule has 1 fully saturated rings. The molecule has 0 radical (unpaired) electrons. The summed E-state index contributed by atoms with van der Waals surface area (Å²) in [6.07, 6.45) is 3.04. The maximum Gasteiger partial charge on any atom is 0.317 e. The Kier molecular flexibility index (Phi) is 6.76. The lowest BCUT2D eigenvalue weighted by molar-refractivity contribution is -0.138. The zero-order valence-corrected chi connectivity index (χ0v) is 16.2. The third kappa shape index (κ3) is 5.39. The summed E-state index contributed by atoms with van der Waals surface area (Å²) in [5, 5.41) is 9.01. The zero-order valence-electron chi connectivity index (χ0n) is 16.2. The molecular formula is C19H32N4O2. The van der Waals surface area contributed by atoms with Crippen LogP contribution in [-0.2, 0) is 4.79 Å². The van der Waals surface area contributed by atoms with Crippen molar-refractivity contribution in [2.75, 3.05) is 31.6 Å². The maximum atomic E-state index is 11.0. The summed E-state index contributed by atoms with van der Waals surface area (Å²) < 4.78 is 0. The van der Waals surface area contributed by atoms with Gasteiger partial charge in [-0.25, -0.2) is 9.97 Å². The Balaban J connectivity index is 2.15. The first-order valence-electron chi connectivity index (χ1n) is 9.33. The number of aliphatic carboxylic acids is 1. The van der Waals surface area contributed by atoms with E-state index in [0.29, 0.717) is 17.9 Å². The van der Waals surface area contributed by atoms with E-state index in [4.69, 9.17) is 15.1 Å². The second-order valence-corrected chi connectivity index (χ2v) is 7.70. The van der Waals surface area contributed by atoms with Gasteiger partial charge in [0.05, 0.1) is 6.54 Å². The van der Waals surface area contributed by atoms with Crippen LogP contribution in [0.3, 0.4) is 0 Å². The van der Waals surface area contributed by atoms with Crippen molar-refractivity contribution in [2.45, 2.75) is 64.8 Å². The molecule has 1 aliphatic rings. The topological polar surface area (TPSA) is 69.6 Å². The van der Waals surface area contributed by atoms with Gasteiger partial charge in [-0.1, -0.05) is 27.7 Å². The Labute approximate surface area is 151 Å². The highest BCUT2D eigenvalue weighted by atomic mass is 16.4. The molecule has 6 nitrogen and oxygen atoms in total. The maximum absolute atomic E-state index is 11.0. The smallest absolute Gasteiger partial charge is 0.317 e. The van der Waals surface area contributed by atoms with Crippen LogP contribution in [-0.4, -0.2) is 58.7 Å². The van der Waals surface area contributed by atoms with Gasteiger partial charge in [-0.15, -0.1) is 0 Å². The molecule has 2 heterocycles. The third-order valence-corrected chi connectivity index (χ3v) is 4.89. The van der Waals surface area contributed by atoms with Crippen molar-refractivity contribution in [1.82, 2.24) is 14.9 Å². The first kappa shape index (κ1) is 19.6. The Hall–Kier alpha value is -1.69. The monoisotopic (exact) mass is 348 g/mol. The number of nitrogens with zero attached hydrogens (tertiary/aromatic N) is 4. The van der Waals surface area contributed by atoms with E-state index in [-0.39, 0.29) is 6.54 Å². The lowest BCUT2D eigenvalue weighted by Crippen LogP contribution is -2.36. The van der Waals surface area contributed by atoms with Gasteiger partial charge in [0, 0.05) is 36.8 Å². The van der Waals surface area contributed by atoms with Crippen LogP contribution in [0.1, 0.15) is 70.3 Å². The molecule has 0 bridgehead atoms. The quantitative estimate of drug-likeness (QED) is 0.852. The largest absolute Gasteiger partial charge is 0.480 e. The number of likely N-dealkylation sites (N-methyl/N-ethyl adjacent to an activating group) is 1. The van der Waals surface area contributed by atoms with Crippen LogP contribution in [0.5, 0.6) is 0 Å². The van der Waals surface area contributed by atoms with Gasteiger partial charge < -0.3 is 10.0 Å². The summed E-state index contributed by atoms with van der Waals surface area (Å²) in [7, 11) is 1.91. The predicted molar refractivity (Wildman–Crippen MR) is 100 cm³/mol. The summed E-state index contributed by atoms with van der Waals surface area (Å²) in [6.45, 7) is 10.5. The molecule has 1 aromatic rings. The van der Waals surface area contributed by atoms with E-state index in [0.717, 1.165) is 49.7 Å². The fourth-order valence-corrected chi connectivity index (χ4v) is 3.28. The Morgan fingerprint density at radius 2 is 1.96 bits per heavy atom. The highest BCUT2D eigenvalue weighted by molar-refractivity contribution is 5.69. The minimum Gasteiger partial charge on any atom is -0.480 e. The second kappa shape index (κ2) is 8.61. The van der Waals surface area contributed by atoms with Gasteiger partial charge in [-0.2, -0.15) is 0 Å². The molecule has 0 aliphatic carbocycles. The lowest BCUT2D eigenvalue weighted by atomic mass is 10.1. The van der Waals surface area contributed by atoms with Crippen molar-refractivity contribution in [2.24, 2.45) is 0 Å². The first-order valence-corrected chi connectivity index (χ1v) is 9.33. The summed E-state index contributed by atoms with van der Waals surface area (Å²) in [5.41, 5.74) is 1.09. The lowest BCUT2D eigenvalue weighted by Gasteiger charge is -2.26. The molecule has 1 saturated heterocycles. The average molecular weight is 348 g/mol. The number of carbonyl (C=O) groups is 1. The summed E-state index contributed by atoms with van der Waals surface area (Å²) in [6, 6.07) is 2.44. The minimum absolute atomic E-state index is 0.104. The SMILES string of the molecule is CC(C)c1cc(N2CCCC(N(C)CC(=O)O)CC2)nc(C(C)C)n1. The van der Waals surface area contributed by atoms with E-state index in [1.54, 1.807) is 0 Å². The highest BCUT2D eigenvalue weighted by Gasteiger charge is 2.23. The molecule has 1 atom stereocenters. The van der Waals surface area contributed by atoms with Gasteiger partial charge in [-0.3, -0.25) is 9.69 Å². The fourth-order valence-electron chi connectivity index (χ4n) is 3.28. The first-order chi connectivity index (χ1) is 11.8. The van der Waals surface area contributed by atoms with Gasteiger partial charge in [-0.05, 0) is 32.2 Å². The van der Waals surface area contributed by atoms with E-state index in [1.807, 2.05) is 11.9 Å². The Morgan fingerprint density at radius 3 is 2.56 bits per heavy atom. The zero-order chi connectivity index (χ0) is 18.6. The average Bonchev–Trinajstić information content (AvgIpc) is 2.79. The molecule has 1 N–H and O–H groups in total. The van der Waals surface area contributed by atoms with Gasteiger partial charge in [0.15, 0.2) is 0 Å². The molecule has 1 aromatic heterocycles. The van der Waals surface area contributed by atoms with E-state index in [2.05, 4.69) is 38.7 Å². The van der Waals surface area contributed by atoms with E-state index in [1.165, 1.54) is 0 Å². The van der Waals surface area contributed by atoms with Crippen molar-refractivity contribution >= 4 is 11.8 Å². The molecular weight excluding hydrogens is 316 g/mol. The molecule has 0 amide bonds. The Morgan fingerprint density at radius 1 is 1.24 bits per heavy atom. The Bertz CT molecular complexity index is 563. The molecule has 0 spiro atoms. The highest BCUT2D eigenvalue weighted by Crippen LogP contribution is 2.25. The standard InChI is InChI=1S/C19H32N4O2/c1-13(2)16-11-17(21-19(20-16)14(3)4)23-9-6-7-15(8-10-23)22(5)12-18(24)25/h11,13-15H,6-10,12H2,1-5H3,(H,24,25). The van der Waals surface area contributed by atoms with Crippen LogP contribution in [0, 0.1) is 0 Å². The molecule has 1 unspecified atom stereocenters. The number of aromatic nitrogens is 2. The summed E-state index contributed by atoms with van der Waals surface area (Å²) in [5.74, 6) is 1.84. The van der Waals surface area contributed by atoms with Crippen LogP contribution in [0.4, 0.5) is 5.82 Å². The molecule has 2 rings (SSSR count). The van der Waals surface area contributed by atoms with Gasteiger partial charge in [0.1, 0.15) is 11.6 Å². The fraction of sp³-hybridized carbons (Fsp3) is 0.737. The second-order valence-electron chi connectivity index (χ2n) is 7.70. The number of carboxylic acid groups (broad SMARTS) is 1. The molecule has 6 heteroatoms. The van der Waals surface area contributed by atoms with E-state index in [9.17, 15) is 4.79 Å². The van der Waals surface area contributed by atoms with Crippen LogP contribution < -0.4 is 4.90 Å². The van der Waals surface area contributed by atoms with E-state index >= 15 is 0 Å². The molecule has 140 valence electrons. The van der Waals surface area contributed by atoms with Crippen molar-refractivity contribution in [3.05, 3.63) is 17.6 Å². The predicted octanol–water partition coefficient (Wildman–Crippen LogP) is 3.10.